The van der Waals surface area contributed by atoms with Gasteiger partial charge in [0.25, 0.3) is 0 Å². The third kappa shape index (κ3) is 16.8. The van der Waals surface area contributed by atoms with Gasteiger partial charge >= 0.3 is 0 Å². The summed E-state index contributed by atoms with van der Waals surface area (Å²) in [5, 5.41) is 3.02. The van der Waals surface area contributed by atoms with Gasteiger partial charge in [-0.2, -0.15) is 0 Å². The third-order valence-corrected chi connectivity index (χ3v) is 17.9. The Morgan fingerprint density at radius 1 is 0.485 bits per heavy atom. The SMILES string of the molecule is CC1=C(c2cnc(CC(=O)c3c(F)cccc3F)cn2)CN(c2nc(-c3cccnc3)cs2)CC1.CC1=C(c2cnc(CC(=O)c3ccc(F)cc3Cl)cn2)CN(c2ncccc2F)CC1.COc1cc(F)c(C(=O)Cc2cnc(C3=C(C)CCN(c4ncccc4F)C3)cn2)c(F)c1. The average Bonchev–Trinajstić information content (AvgIpc) is 1.42. The van der Waals surface area contributed by atoms with Crippen LogP contribution >= 0.6 is 22.9 Å². The van der Waals surface area contributed by atoms with Crippen LogP contribution in [-0.4, -0.2) is 114 Å². The molecule has 17 nitrogen and oxygen atoms in total. The number of ether oxygens (including phenoxy) is 1. The summed E-state index contributed by atoms with van der Waals surface area (Å²) in [6, 6.07) is 18.7. The summed E-state index contributed by atoms with van der Waals surface area (Å²) in [4.78, 5) is 87.0. The van der Waals surface area contributed by atoms with Crippen LogP contribution in [0.2, 0.25) is 5.02 Å². The van der Waals surface area contributed by atoms with Crippen molar-refractivity contribution in [2.75, 3.05) is 61.1 Å². The minimum absolute atomic E-state index is 0.00192. The van der Waals surface area contributed by atoms with Gasteiger partial charge < -0.3 is 19.4 Å². The molecular formula is C73H61ClF7N13O4S. The summed E-state index contributed by atoms with van der Waals surface area (Å²) in [6.07, 6.45) is 17.7. The van der Waals surface area contributed by atoms with Crippen molar-refractivity contribution in [3.05, 3.63) is 266 Å². The Hall–Kier alpha value is -10.8. The fourth-order valence-corrected chi connectivity index (χ4v) is 12.4. The van der Waals surface area contributed by atoms with E-state index in [1.165, 1.54) is 61.6 Å². The number of thiazole rings is 1. The number of anilines is 3. The lowest BCUT2D eigenvalue weighted by atomic mass is 9.99. The molecule has 3 aliphatic heterocycles. The van der Waals surface area contributed by atoms with Crippen molar-refractivity contribution < 1.29 is 49.9 Å². The van der Waals surface area contributed by atoms with E-state index in [4.69, 9.17) is 21.3 Å². The van der Waals surface area contributed by atoms with Crippen molar-refractivity contribution in [3.63, 3.8) is 0 Å². The zero-order valence-corrected chi connectivity index (χ0v) is 55.4. The second kappa shape index (κ2) is 31.6. The Kier molecular flexibility index (Phi) is 22.2. The molecule has 26 heteroatoms. The summed E-state index contributed by atoms with van der Waals surface area (Å²) >= 11 is 7.56. The monoisotopic (exact) mass is 1380 g/mol. The lowest BCUT2D eigenvalue weighted by molar-refractivity contribution is 0.0974. The van der Waals surface area contributed by atoms with Crippen molar-refractivity contribution in [1.82, 2.24) is 49.8 Å². The molecule has 0 saturated heterocycles. The van der Waals surface area contributed by atoms with Gasteiger partial charge in [0.2, 0.25) is 0 Å². The van der Waals surface area contributed by atoms with Gasteiger partial charge in [0, 0.05) is 111 Å². The molecule has 0 unspecified atom stereocenters. The molecule has 504 valence electrons. The molecule has 99 heavy (non-hydrogen) atoms. The molecule has 10 aromatic rings. The van der Waals surface area contributed by atoms with Crippen molar-refractivity contribution in [2.45, 2.75) is 59.3 Å². The number of carbonyl (C=O) groups is 3. The number of hydrogen-bond donors (Lipinski definition) is 0. The molecule has 13 rings (SSSR count). The van der Waals surface area contributed by atoms with E-state index < -0.39 is 57.6 Å². The van der Waals surface area contributed by atoms with E-state index in [0.717, 1.165) is 94.0 Å². The highest BCUT2D eigenvalue weighted by Gasteiger charge is 2.28. The normalized spacial score (nSPS) is 14.0. The minimum atomic E-state index is -0.994. The number of pyridine rings is 3. The molecule has 0 N–H and O–H groups in total. The quantitative estimate of drug-likeness (QED) is 0.0615. The fourth-order valence-electron chi connectivity index (χ4n) is 11.3. The fraction of sp³-hybridized carbons (Fsp3) is 0.219. The van der Waals surface area contributed by atoms with Crippen LogP contribution in [-0.2, 0) is 19.3 Å². The van der Waals surface area contributed by atoms with E-state index in [-0.39, 0.29) is 58.7 Å². The number of halogens is 8. The van der Waals surface area contributed by atoms with Gasteiger partial charge in [-0.05, 0) is 123 Å². The first kappa shape index (κ1) is 69.6. The van der Waals surface area contributed by atoms with Crippen molar-refractivity contribution in [1.29, 1.82) is 0 Å². The van der Waals surface area contributed by atoms with Crippen LogP contribution in [0.15, 0.2) is 169 Å². The molecule has 10 heterocycles. The predicted molar refractivity (Wildman–Crippen MR) is 363 cm³/mol. The first-order valence-corrected chi connectivity index (χ1v) is 32.4. The number of Topliss-reactive ketones (excluding diaryl/α,β-unsaturated/α-hetero) is 3. The highest BCUT2D eigenvalue weighted by Crippen LogP contribution is 2.35. The molecule has 0 atom stereocenters. The van der Waals surface area contributed by atoms with Crippen LogP contribution < -0.4 is 19.4 Å². The van der Waals surface area contributed by atoms with E-state index in [1.54, 1.807) is 66.8 Å². The van der Waals surface area contributed by atoms with Crippen LogP contribution in [0.3, 0.4) is 0 Å². The molecule has 0 amide bonds. The molecule has 7 aromatic heterocycles. The lowest BCUT2D eigenvalue weighted by Gasteiger charge is -2.30. The molecule has 0 bridgehead atoms. The van der Waals surface area contributed by atoms with Crippen LogP contribution in [0, 0.1) is 40.7 Å². The molecule has 0 aliphatic carbocycles. The maximum Gasteiger partial charge on any atom is 0.186 e. The van der Waals surface area contributed by atoms with E-state index in [0.29, 0.717) is 73.4 Å². The van der Waals surface area contributed by atoms with Gasteiger partial charge in [-0.25, -0.2) is 45.7 Å². The second-order valence-corrected chi connectivity index (χ2v) is 24.6. The summed E-state index contributed by atoms with van der Waals surface area (Å²) in [6.45, 7) is 9.75. The Balaban J connectivity index is 0.000000150. The van der Waals surface area contributed by atoms with Gasteiger partial charge in [-0.15, -0.1) is 11.3 Å². The molecule has 3 aliphatic rings. The van der Waals surface area contributed by atoms with Gasteiger partial charge in [0.1, 0.15) is 34.8 Å². The minimum Gasteiger partial charge on any atom is -0.497 e. The summed E-state index contributed by atoms with van der Waals surface area (Å²) in [7, 11) is 1.28. The Bertz CT molecular complexity index is 4700. The second-order valence-electron chi connectivity index (χ2n) is 23.3. The zero-order chi connectivity index (χ0) is 69.9. The topological polar surface area (TPSA) is 199 Å². The van der Waals surface area contributed by atoms with Crippen LogP contribution in [0.5, 0.6) is 5.75 Å². The summed E-state index contributed by atoms with van der Waals surface area (Å²) in [5.41, 5.74) is 10.4. The third-order valence-electron chi connectivity index (χ3n) is 16.7. The molecule has 3 aromatic carbocycles. The Morgan fingerprint density at radius 2 is 0.939 bits per heavy atom. The molecule has 0 saturated carbocycles. The highest BCUT2D eigenvalue weighted by molar-refractivity contribution is 7.14. The maximum absolute atomic E-state index is 14.2. The number of hydrogen-bond acceptors (Lipinski definition) is 18. The molecule has 0 fully saturated rings. The predicted octanol–water partition coefficient (Wildman–Crippen LogP) is 14.7. The number of ketones is 3. The lowest BCUT2D eigenvalue weighted by Crippen LogP contribution is -2.32. The Morgan fingerprint density at radius 3 is 1.38 bits per heavy atom. The first-order valence-electron chi connectivity index (χ1n) is 31.1. The summed E-state index contributed by atoms with van der Waals surface area (Å²) in [5.74, 6) is -6.10. The van der Waals surface area contributed by atoms with Gasteiger partial charge in [-0.3, -0.25) is 49.3 Å². The summed E-state index contributed by atoms with van der Waals surface area (Å²) < 4.78 is 103. The first-order chi connectivity index (χ1) is 47.8. The molecular weight excluding hydrogens is 1320 g/mol. The molecule has 0 spiro atoms. The number of nitrogens with zero attached hydrogens (tertiary/aromatic N) is 13. The van der Waals surface area contributed by atoms with Crippen LogP contribution in [0.25, 0.3) is 28.0 Å². The highest BCUT2D eigenvalue weighted by atomic mass is 35.5. The van der Waals surface area contributed by atoms with Crippen LogP contribution in [0.4, 0.5) is 47.5 Å². The smallest absolute Gasteiger partial charge is 0.186 e. The van der Waals surface area contributed by atoms with Crippen molar-refractivity contribution >= 4 is 73.8 Å². The van der Waals surface area contributed by atoms with Gasteiger partial charge in [0.05, 0.1) is 101 Å². The van der Waals surface area contributed by atoms with E-state index in [1.807, 2.05) is 41.2 Å². The maximum atomic E-state index is 14.2. The number of rotatable bonds is 17. The van der Waals surface area contributed by atoms with Crippen molar-refractivity contribution in [2.24, 2.45) is 0 Å². The zero-order valence-electron chi connectivity index (χ0n) is 53.8. The largest absolute Gasteiger partial charge is 0.497 e. The standard InChI is InChI=1S/C26H21F2N5OS.C24H21F3N4O2.C23H19ClF2N4O/c1-16-7-9-33(26-32-23(15-35-26)17-4-3-8-29-11-17)14-19(16)22-13-30-18(12-31-22)10-24(34)25-20(27)5-2-6-21(25)28;1-14-5-7-31(24-18(25)4-3-6-28-24)13-17(14)21-12-29-15(11-30-21)8-22(32)23-19(26)9-16(33-2)10-20(23)27;1-14-6-8-30(23-20(26)3-2-7-27-23)13-18(14)21-12-28-16(11-29-21)10-22(31)17-5-4-15(25)9-19(17)24/h2-6,8,11-13,15H,7,9-10,14H2,1H3;3-4,6,9-12H,5,7-8,13H2,1-2H3;2-5,7,9,11-12H,6,8,10,13H2,1H3. The van der Waals surface area contributed by atoms with Gasteiger partial charge in [-0.1, -0.05) is 34.4 Å². The van der Waals surface area contributed by atoms with E-state index in [9.17, 15) is 45.1 Å². The molecule has 0 radical (unpaired) electrons. The number of benzene rings is 3. The van der Waals surface area contributed by atoms with Gasteiger partial charge in [0.15, 0.2) is 45.8 Å². The van der Waals surface area contributed by atoms with E-state index >= 15 is 0 Å². The Labute approximate surface area is 573 Å². The number of carbonyl (C=O) groups excluding carboxylic acids is 3. The average molecular weight is 1380 g/mol. The van der Waals surface area contributed by atoms with Crippen molar-refractivity contribution in [3.8, 4) is 17.0 Å². The number of methoxy groups -OCH3 is 1. The van der Waals surface area contributed by atoms with E-state index in [2.05, 4.69) is 56.7 Å². The van der Waals surface area contributed by atoms with Crippen LogP contribution in [0.1, 0.15) is 105 Å². The number of aromatic nitrogens is 10.